The predicted molar refractivity (Wildman–Crippen MR) is 109 cm³/mol. The van der Waals surface area contributed by atoms with E-state index in [4.69, 9.17) is 14.9 Å². The molecule has 1 amide bonds. The van der Waals surface area contributed by atoms with Crippen molar-refractivity contribution in [2.75, 3.05) is 32.1 Å². The van der Waals surface area contributed by atoms with Crippen LogP contribution in [0.15, 0.2) is 45.8 Å². The number of para-hydroxylation sites is 2. The Morgan fingerprint density at radius 2 is 2.18 bits per heavy atom. The van der Waals surface area contributed by atoms with Crippen LogP contribution in [0.5, 0.6) is 5.75 Å². The Hall–Kier alpha value is -3.16. The van der Waals surface area contributed by atoms with Crippen molar-refractivity contribution < 1.29 is 13.9 Å². The van der Waals surface area contributed by atoms with Crippen LogP contribution in [0.3, 0.4) is 0 Å². The minimum atomic E-state index is -0.576. The predicted octanol–water partition coefficient (Wildman–Crippen LogP) is 1.72. The number of piperidine rings is 1. The van der Waals surface area contributed by atoms with Gasteiger partial charge in [0, 0.05) is 26.2 Å². The van der Waals surface area contributed by atoms with Gasteiger partial charge in [0.15, 0.2) is 11.7 Å². The second kappa shape index (κ2) is 9.16. The number of hydrogen-bond donors (Lipinski definition) is 3. The van der Waals surface area contributed by atoms with E-state index in [9.17, 15) is 4.79 Å². The summed E-state index contributed by atoms with van der Waals surface area (Å²) in [7, 11) is 3.43. The maximum atomic E-state index is 11.1. The van der Waals surface area contributed by atoms with E-state index in [2.05, 4.69) is 26.6 Å². The topological polar surface area (TPSA) is 105 Å². The van der Waals surface area contributed by atoms with Gasteiger partial charge < -0.3 is 30.4 Å². The number of rotatable bonds is 6. The van der Waals surface area contributed by atoms with Crippen LogP contribution in [0.2, 0.25) is 0 Å². The molecule has 4 N–H and O–H groups in total. The Balaban J connectivity index is 1.57. The van der Waals surface area contributed by atoms with Gasteiger partial charge in [-0.05, 0) is 37.1 Å². The van der Waals surface area contributed by atoms with E-state index in [0.717, 1.165) is 37.4 Å². The molecule has 2 heterocycles. The molecule has 1 aromatic heterocycles. The molecule has 1 aromatic carbocycles. The molecular weight excluding hydrogens is 358 g/mol. The molecule has 1 unspecified atom stereocenters. The molecule has 0 bridgehead atoms. The van der Waals surface area contributed by atoms with Gasteiger partial charge >= 0.3 is 0 Å². The molecule has 2 aromatic rings. The number of benzene rings is 1. The van der Waals surface area contributed by atoms with Crippen molar-refractivity contribution >= 4 is 17.6 Å². The zero-order valence-corrected chi connectivity index (χ0v) is 16.3. The van der Waals surface area contributed by atoms with Crippen LogP contribution < -0.4 is 26.0 Å². The third-order valence-corrected chi connectivity index (χ3v) is 4.75. The maximum absolute atomic E-state index is 11.1. The van der Waals surface area contributed by atoms with Crippen LogP contribution in [0.1, 0.15) is 29.2 Å². The van der Waals surface area contributed by atoms with E-state index in [-0.39, 0.29) is 11.8 Å². The molecular formula is C20H27N5O3. The number of nitrogens with two attached hydrogens (primary N) is 1. The lowest BCUT2D eigenvalue weighted by atomic mass is 10.0. The highest BCUT2D eigenvalue weighted by atomic mass is 16.5. The zero-order valence-electron chi connectivity index (χ0n) is 16.3. The number of guanidine groups is 1. The number of ether oxygens (including phenoxy) is 1. The fourth-order valence-electron chi connectivity index (χ4n) is 3.37. The van der Waals surface area contributed by atoms with Gasteiger partial charge in [0.05, 0.1) is 19.3 Å². The lowest BCUT2D eigenvalue weighted by Crippen LogP contribution is -2.51. The number of nitrogens with one attached hydrogen (secondary N) is 2. The molecule has 150 valence electrons. The van der Waals surface area contributed by atoms with Gasteiger partial charge in [-0.15, -0.1) is 0 Å². The van der Waals surface area contributed by atoms with Gasteiger partial charge in [-0.2, -0.15) is 0 Å². The Bertz CT molecular complexity index is 833. The van der Waals surface area contributed by atoms with Crippen LogP contribution >= 0.6 is 0 Å². The van der Waals surface area contributed by atoms with Crippen LogP contribution in [0.4, 0.5) is 5.69 Å². The van der Waals surface area contributed by atoms with Gasteiger partial charge in [0.25, 0.3) is 5.91 Å². The van der Waals surface area contributed by atoms with Gasteiger partial charge in [0.2, 0.25) is 0 Å². The molecule has 8 nitrogen and oxygen atoms in total. The van der Waals surface area contributed by atoms with Gasteiger partial charge in [0.1, 0.15) is 11.5 Å². The first-order valence-electron chi connectivity index (χ1n) is 9.34. The van der Waals surface area contributed by atoms with Crippen molar-refractivity contribution in [2.45, 2.75) is 25.4 Å². The summed E-state index contributed by atoms with van der Waals surface area (Å²) >= 11 is 0. The minimum Gasteiger partial charge on any atom is -0.495 e. The van der Waals surface area contributed by atoms with E-state index in [1.54, 1.807) is 26.3 Å². The SMILES string of the molecule is CN=C(NCc1ccc(C(N)=O)o1)NC1CCCN(c2ccccc2OC)C1. The first kappa shape index (κ1) is 19.6. The summed E-state index contributed by atoms with van der Waals surface area (Å²) in [6, 6.07) is 11.6. The van der Waals surface area contributed by atoms with E-state index in [1.807, 2.05) is 18.2 Å². The number of primary amides is 1. The van der Waals surface area contributed by atoms with E-state index < -0.39 is 5.91 Å². The van der Waals surface area contributed by atoms with Crippen LogP contribution in [-0.4, -0.2) is 45.2 Å². The Labute approximate surface area is 164 Å². The van der Waals surface area contributed by atoms with Gasteiger partial charge in [-0.3, -0.25) is 9.79 Å². The first-order valence-corrected chi connectivity index (χ1v) is 9.34. The summed E-state index contributed by atoms with van der Waals surface area (Å²) in [5.74, 6) is 1.76. The number of hydrogen-bond acceptors (Lipinski definition) is 5. The molecule has 3 rings (SSSR count). The fourth-order valence-corrected chi connectivity index (χ4v) is 3.37. The highest BCUT2D eigenvalue weighted by molar-refractivity contribution is 5.89. The number of methoxy groups -OCH3 is 1. The van der Waals surface area contributed by atoms with Gasteiger partial charge in [-0.25, -0.2) is 0 Å². The van der Waals surface area contributed by atoms with E-state index >= 15 is 0 Å². The Kier molecular flexibility index (Phi) is 6.41. The summed E-state index contributed by atoms with van der Waals surface area (Å²) in [6.45, 7) is 2.26. The first-order chi connectivity index (χ1) is 13.6. The number of furan rings is 1. The van der Waals surface area contributed by atoms with Gasteiger partial charge in [-0.1, -0.05) is 12.1 Å². The van der Waals surface area contributed by atoms with E-state index in [0.29, 0.717) is 18.3 Å². The number of aliphatic imine (C=N–C) groups is 1. The normalized spacial score (nSPS) is 17.3. The summed E-state index contributed by atoms with van der Waals surface area (Å²) in [5, 5.41) is 6.68. The summed E-state index contributed by atoms with van der Waals surface area (Å²) < 4.78 is 10.9. The summed E-state index contributed by atoms with van der Waals surface area (Å²) in [5.41, 5.74) is 6.32. The second-order valence-corrected chi connectivity index (χ2v) is 6.66. The minimum absolute atomic E-state index is 0.152. The van der Waals surface area contributed by atoms with Crippen molar-refractivity contribution in [3.05, 3.63) is 47.9 Å². The molecule has 8 heteroatoms. The zero-order chi connectivity index (χ0) is 19.9. The van der Waals surface area contributed by atoms with Crippen LogP contribution in [-0.2, 0) is 6.54 Å². The molecule has 1 saturated heterocycles. The van der Waals surface area contributed by atoms with Crippen molar-refractivity contribution in [2.24, 2.45) is 10.7 Å². The molecule has 28 heavy (non-hydrogen) atoms. The molecule has 0 radical (unpaired) electrons. The third-order valence-electron chi connectivity index (χ3n) is 4.75. The fraction of sp³-hybridized carbons (Fsp3) is 0.400. The van der Waals surface area contributed by atoms with Crippen molar-refractivity contribution in [3.63, 3.8) is 0 Å². The van der Waals surface area contributed by atoms with Crippen molar-refractivity contribution in [1.29, 1.82) is 0 Å². The number of carbonyl (C=O) groups is 1. The standard InChI is InChI=1S/C20H27N5O3/c1-22-20(23-12-15-9-10-18(28-15)19(21)26)24-14-6-5-11-25(13-14)16-7-3-4-8-17(16)27-2/h3-4,7-10,14H,5-6,11-13H2,1-2H3,(H2,21,26)(H2,22,23,24). The third kappa shape index (κ3) is 4.76. The monoisotopic (exact) mass is 385 g/mol. The smallest absolute Gasteiger partial charge is 0.284 e. The largest absolute Gasteiger partial charge is 0.495 e. The maximum Gasteiger partial charge on any atom is 0.284 e. The summed E-state index contributed by atoms with van der Waals surface area (Å²) in [4.78, 5) is 17.7. The van der Waals surface area contributed by atoms with Crippen LogP contribution in [0, 0.1) is 0 Å². The highest BCUT2D eigenvalue weighted by Gasteiger charge is 2.23. The van der Waals surface area contributed by atoms with Crippen molar-refractivity contribution in [1.82, 2.24) is 10.6 Å². The molecule has 1 aliphatic rings. The molecule has 0 spiro atoms. The molecule has 1 fully saturated rings. The highest BCUT2D eigenvalue weighted by Crippen LogP contribution is 2.29. The Morgan fingerprint density at radius 3 is 2.89 bits per heavy atom. The number of nitrogens with zero attached hydrogens (tertiary/aromatic N) is 2. The van der Waals surface area contributed by atoms with Crippen LogP contribution in [0.25, 0.3) is 0 Å². The molecule has 1 atom stereocenters. The molecule has 0 aliphatic carbocycles. The van der Waals surface area contributed by atoms with E-state index in [1.165, 1.54) is 0 Å². The number of carbonyl (C=O) groups excluding carboxylic acids is 1. The lowest BCUT2D eigenvalue weighted by Gasteiger charge is -2.36. The number of amides is 1. The Morgan fingerprint density at radius 1 is 1.36 bits per heavy atom. The quantitative estimate of drug-likeness (QED) is 0.517. The second-order valence-electron chi connectivity index (χ2n) is 6.66. The molecule has 1 aliphatic heterocycles. The average molecular weight is 385 g/mol. The average Bonchev–Trinajstić information content (AvgIpc) is 3.20. The lowest BCUT2D eigenvalue weighted by molar-refractivity contribution is 0.0972. The molecule has 0 saturated carbocycles. The summed E-state index contributed by atoms with van der Waals surface area (Å²) in [6.07, 6.45) is 2.13. The number of anilines is 1. The van der Waals surface area contributed by atoms with Crippen molar-refractivity contribution in [3.8, 4) is 5.75 Å².